The van der Waals surface area contributed by atoms with Crippen LogP contribution in [0.3, 0.4) is 0 Å². The van der Waals surface area contributed by atoms with Gasteiger partial charge in [0.2, 0.25) is 5.91 Å². The first-order valence-corrected chi connectivity index (χ1v) is 10.8. The minimum absolute atomic E-state index is 0.145. The topological polar surface area (TPSA) is 94.2 Å². The van der Waals surface area contributed by atoms with Gasteiger partial charge in [0.1, 0.15) is 17.3 Å². The first-order valence-electron chi connectivity index (χ1n) is 10.8. The van der Waals surface area contributed by atoms with Crippen LogP contribution >= 0.6 is 0 Å². The number of fused-ring (bicyclic) bond motifs is 1. The minimum atomic E-state index is -0.881. The zero-order chi connectivity index (χ0) is 23.0. The van der Waals surface area contributed by atoms with Crippen molar-refractivity contribution in [3.63, 3.8) is 0 Å². The summed E-state index contributed by atoms with van der Waals surface area (Å²) < 4.78 is 16.0. The van der Waals surface area contributed by atoms with Gasteiger partial charge in [0, 0.05) is 31.4 Å². The van der Waals surface area contributed by atoms with E-state index in [1.54, 1.807) is 20.8 Å². The number of rotatable bonds is 10. The molecular formula is C23H34N2O6. The lowest BCUT2D eigenvalue weighted by molar-refractivity contribution is -0.156. The zero-order valence-electron chi connectivity index (χ0n) is 19.2. The van der Waals surface area contributed by atoms with Crippen LogP contribution in [0.25, 0.3) is 0 Å². The molecule has 0 aromatic heterocycles. The Morgan fingerprint density at radius 1 is 1.19 bits per heavy atom. The molecule has 172 valence electrons. The third-order valence-electron chi connectivity index (χ3n) is 4.83. The van der Waals surface area contributed by atoms with Crippen LogP contribution in [-0.4, -0.2) is 56.3 Å². The Labute approximate surface area is 184 Å². The Morgan fingerprint density at radius 2 is 1.90 bits per heavy atom. The fourth-order valence-electron chi connectivity index (χ4n) is 3.29. The second kappa shape index (κ2) is 11.1. The van der Waals surface area contributed by atoms with Crippen LogP contribution in [0.2, 0.25) is 0 Å². The van der Waals surface area contributed by atoms with Gasteiger partial charge in [-0.25, -0.2) is 0 Å². The van der Waals surface area contributed by atoms with Gasteiger partial charge in [-0.2, -0.15) is 0 Å². The van der Waals surface area contributed by atoms with Gasteiger partial charge in [-0.1, -0.05) is 6.07 Å². The van der Waals surface area contributed by atoms with E-state index in [4.69, 9.17) is 14.2 Å². The highest BCUT2D eigenvalue weighted by molar-refractivity contribution is 6.00. The molecular weight excluding hydrogens is 400 g/mol. The van der Waals surface area contributed by atoms with E-state index in [1.165, 1.54) is 0 Å². The number of nitrogens with one attached hydrogen (secondary N) is 1. The number of amides is 1. The maximum atomic E-state index is 12.4. The van der Waals surface area contributed by atoms with Crippen molar-refractivity contribution >= 4 is 23.5 Å². The number of anilines is 1. The van der Waals surface area contributed by atoms with Crippen LogP contribution < -0.4 is 15.0 Å². The number of nitrogens with zero attached hydrogens (tertiary/aromatic N) is 1. The lowest BCUT2D eigenvalue weighted by Gasteiger charge is -2.26. The van der Waals surface area contributed by atoms with Crippen molar-refractivity contribution in [3.8, 4) is 5.75 Å². The van der Waals surface area contributed by atoms with Crippen molar-refractivity contribution in [2.24, 2.45) is 5.92 Å². The number of hydrogen-bond donors (Lipinski definition) is 1. The fourth-order valence-corrected chi connectivity index (χ4v) is 3.29. The second-order valence-corrected chi connectivity index (χ2v) is 8.38. The minimum Gasteiger partial charge on any atom is -0.460 e. The Hall–Kier alpha value is -2.61. The Kier molecular flexibility index (Phi) is 8.86. The van der Waals surface area contributed by atoms with Crippen molar-refractivity contribution in [1.82, 2.24) is 5.32 Å². The number of hydrogen-bond acceptors (Lipinski definition) is 7. The van der Waals surface area contributed by atoms with Crippen LogP contribution in [0.1, 0.15) is 46.6 Å². The first-order chi connectivity index (χ1) is 14.6. The van der Waals surface area contributed by atoms with Crippen molar-refractivity contribution in [3.05, 3.63) is 23.8 Å². The van der Waals surface area contributed by atoms with E-state index in [0.29, 0.717) is 12.2 Å². The SMILES string of the molecule is CCN(CC)c1ccc2c(c1)OC(=O)C(C(=O)NCCOCCC(=O)OC(C)(C)C)C2. The molecule has 1 aromatic rings. The highest BCUT2D eigenvalue weighted by Crippen LogP contribution is 2.32. The molecule has 1 aromatic carbocycles. The monoisotopic (exact) mass is 434 g/mol. The van der Waals surface area contributed by atoms with Gasteiger partial charge in [0.25, 0.3) is 0 Å². The molecule has 8 heteroatoms. The highest BCUT2D eigenvalue weighted by atomic mass is 16.6. The number of benzene rings is 1. The number of carbonyl (C=O) groups is 3. The quantitative estimate of drug-likeness (QED) is 0.262. The van der Waals surface area contributed by atoms with Gasteiger partial charge in [-0.05, 0) is 52.7 Å². The predicted octanol–water partition coefficient (Wildman–Crippen LogP) is 2.48. The van der Waals surface area contributed by atoms with Crippen molar-refractivity contribution in [2.45, 2.75) is 53.1 Å². The zero-order valence-corrected chi connectivity index (χ0v) is 19.2. The normalized spacial score (nSPS) is 15.6. The molecule has 1 atom stereocenters. The molecule has 0 saturated carbocycles. The molecule has 0 fully saturated rings. The molecule has 31 heavy (non-hydrogen) atoms. The molecule has 1 unspecified atom stereocenters. The van der Waals surface area contributed by atoms with Gasteiger partial charge >= 0.3 is 11.9 Å². The Balaban J connectivity index is 1.77. The molecule has 1 N–H and O–H groups in total. The average molecular weight is 435 g/mol. The molecule has 0 aliphatic carbocycles. The smallest absolute Gasteiger partial charge is 0.324 e. The second-order valence-electron chi connectivity index (χ2n) is 8.38. The Bertz CT molecular complexity index is 783. The van der Waals surface area contributed by atoms with Crippen LogP contribution in [0, 0.1) is 5.92 Å². The summed E-state index contributed by atoms with van der Waals surface area (Å²) >= 11 is 0. The largest absolute Gasteiger partial charge is 0.460 e. The molecule has 0 radical (unpaired) electrons. The van der Waals surface area contributed by atoms with E-state index in [2.05, 4.69) is 24.1 Å². The van der Waals surface area contributed by atoms with E-state index in [1.807, 2.05) is 18.2 Å². The number of esters is 2. The lowest BCUT2D eigenvalue weighted by atomic mass is 9.95. The van der Waals surface area contributed by atoms with Gasteiger partial charge in [0.15, 0.2) is 0 Å². The number of ether oxygens (including phenoxy) is 3. The molecule has 0 saturated heterocycles. The first kappa shape index (κ1) is 24.7. The van der Waals surface area contributed by atoms with Crippen molar-refractivity contribution in [1.29, 1.82) is 0 Å². The summed E-state index contributed by atoms with van der Waals surface area (Å²) in [6.45, 7) is 11.9. The summed E-state index contributed by atoms with van der Waals surface area (Å²) in [4.78, 5) is 38.6. The molecule has 0 spiro atoms. The van der Waals surface area contributed by atoms with Crippen molar-refractivity contribution in [2.75, 3.05) is 37.7 Å². The summed E-state index contributed by atoms with van der Waals surface area (Å²) in [5.74, 6) is -1.63. The fraction of sp³-hybridized carbons (Fsp3) is 0.609. The summed E-state index contributed by atoms with van der Waals surface area (Å²) in [6, 6.07) is 5.75. The van der Waals surface area contributed by atoms with Crippen LogP contribution in [-0.2, 0) is 30.3 Å². The summed E-state index contributed by atoms with van der Waals surface area (Å²) in [6.07, 6.45) is 0.449. The third-order valence-corrected chi connectivity index (χ3v) is 4.83. The van der Waals surface area contributed by atoms with E-state index < -0.39 is 17.5 Å². The predicted molar refractivity (Wildman–Crippen MR) is 117 cm³/mol. The number of carbonyl (C=O) groups excluding carboxylic acids is 3. The van der Waals surface area contributed by atoms with Crippen LogP contribution in [0.5, 0.6) is 5.75 Å². The maximum absolute atomic E-state index is 12.4. The molecule has 0 bridgehead atoms. The van der Waals surface area contributed by atoms with Crippen LogP contribution in [0.15, 0.2) is 18.2 Å². The van der Waals surface area contributed by atoms with Gasteiger partial charge < -0.3 is 24.4 Å². The molecule has 1 amide bonds. The van der Waals surface area contributed by atoms with Crippen LogP contribution in [0.4, 0.5) is 5.69 Å². The van der Waals surface area contributed by atoms with Crippen molar-refractivity contribution < 1.29 is 28.6 Å². The maximum Gasteiger partial charge on any atom is 0.324 e. The van der Waals surface area contributed by atoms with E-state index in [0.717, 1.165) is 24.3 Å². The average Bonchev–Trinajstić information content (AvgIpc) is 2.69. The molecule has 1 aliphatic heterocycles. The van der Waals surface area contributed by atoms with E-state index >= 15 is 0 Å². The molecule has 8 nitrogen and oxygen atoms in total. The van der Waals surface area contributed by atoms with E-state index in [9.17, 15) is 14.4 Å². The molecule has 1 heterocycles. The standard InChI is InChI=1S/C23H34N2O6/c1-6-25(7-2)17-9-8-16-14-18(22(28)30-19(16)15-17)21(27)24-11-13-29-12-10-20(26)31-23(3,4)5/h8-9,15,18H,6-7,10-14H2,1-5H3,(H,24,27). The lowest BCUT2D eigenvalue weighted by Crippen LogP contribution is -2.42. The molecule has 2 rings (SSSR count). The summed E-state index contributed by atoms with van der Waals surface area (Å²) in [5.41, 5.74) is 1.30. The van der Waals surface area contributed by atoms with Gasteiger partial charge in [-0.15, -0.1) is 0 Å². The third kappa shape index (κ3) is 7.54. The molecule has 1 aliphatic rings. The van der Waals surface area contributed by atoms with E-state index in [-0.39, 0.29) is 38.1 Å². The highest BCUT2D eigenvalue weighted by Gasteiger charge is 2.34. The summed E-state index contributed by atoms with van der Waals surface area (Å²) in [7, 11) is 0. The summed E-state index contributed by atoms with van der Waals surface area (Å²) in [5, 5.41) is 2.70. The van der Waals surface area contributed by atoms with Gasteiger partial charge in [-0.3, -0.25) is 14.4 Å². The van der Waals surface area contributed by atoms with Gasteiger partial charge in [0.05, 0.1) is 19.6 Å². The Morgan fingerprint density at radius 3 is 2.55 bits per heavy atom.